The molecule has 0 aromatic carbocycles. The fourth-order valence-electron chi connectivity index (χ4n) is 3.66. The second kappa shape index (κ2) is 7.23. The third-order valence-electron chi connectivity index (χ3n) is 4.84. The summed E-state index contributed by atoms with van der Waals surface area (Å²) in [5.41, 5.74) is 1.37. The number of rotatable bonds is 5. The molecule has 4 heteroatoms. The zero-order valence-electron chi connectivity index (χ0n) is 13.2. The van der Waals surface area contributed by atoms with Crippen molar-refractivity contribution in [1.29, 1.82) is 0 Å². The van der Waals surface area contributed by atoms with E-state index in [0.29, 0.717) is 0 Å². The first-order chi connectivity index (χ1) is 10.3. The van der Waals surface area contributed by atoms with Gasteiger partial charge in [-0.15, -0.1) is 0 Å². The molecular formula is C17H28N4. The van der Waals surface area contributed by atoms with E-state index in [1.54, 1.807) is 0 Å². The van der Waals surface area contributed by atoms with Crippen LogP contribution in [-0.4, -0.2) is 53.5 Å². The van der Waals surface area contributed by atoms with Crippen LogP contribution in [0.1, 0.15) is 38.2 Å². The van der Waals surface area contributed by atoms with Gasteiger partial charge in [0.1, 0.15) is 5.82 Å². The fraction of sp³-hybridized carbons (Fsp3) is 0.706. The average molecular weight is 288 g/mol. The molecule has 1 N–H and O–H groups in total. The number of aromatic nitrogens is 1. The molecule has 1 aromatic heterocycles. The van der Waals surface area contributed by atoms with Gasteiger partial charge in [-0.1, -0.05) is 12.8 Å². The third-order valence-corrected chi connectivity index (χ3v) is 4.84. The van der Waals surface area contributed by atoms with Gasteiger partial charge in [0, 0.05) is 51.5 Å². The summed E-state index contributed by atoms with van der Waals surface area (Å²) < 4.78 is 0. The highest BCUT2D eigenvalue weighted by atomic mass is 15.3. The summed E-state index contributed by atoms with van der Waals surface area (Å²) in [5, 5.41) is 3.29. The molecule has 1 saturated heterocycles. The third kappa shape index (κ3) is 3.95. The lowest BCUT2D eigenvalue weighted by atomic mass is 10.1. The topological polar surface area (TPSA) is 31.4 Å². The van der Waals surface area contributed by atoms with Crippen LogP contribution in [0.5, 0.6) is 0 Å². The van der Waals surface area contributed by atoms with Crippen molar-refractivity contribution >= 4 is 5.82 Å². The molecule has 1 aliphatic heterocycles. The van der Waals surface area contributed by atoms with Crippen molar-refractivity contribution in [2.75, 3.05) is 38.0 Å². The van der Waals surface area contributed by atoms with Gasteiger partial charge in [-0.2, -0.15) is 0 Å². The van der Waals surface area contributed by atoms with Gasteiger partial charge < -0.3 is 5.32 Å². The van der Waals surface area contributed by atoms with E-state index in [2.05, 4.69) is 39.2 Å². The molecule has 0 spiro atoms. The molecule has 2 aliphatic rings. The molecule has 116 valence electrons. The van der Waals surface area contributed by atoms with Gasteiger partial charge in [0.15, 0.2) is 0 Å². The quantitative estimate of drug-likeness (QED) is 0.902. The Morgan fingerprint density at radius 1 is 1.19 bits per heavy atom. The molecule has 21 heavy (non-hydrogen) atoms. The van der Waals surface area contributed by atoms with Crippen LogP contribution in [0.4, 0.5) is 5.82 Å². The van der Waals surface area contributed by atoms with E-state index in [-0.39, 0.29) is 0 Å². The lowest BCUT2D eigenvalue weighted by Gasteiger charge is -2.38. The molecule has 2 fully saturated rings. The van der Waals surface area contributed by atoms with Crippen LogP contribution in [0.2, 0.25) is 0 Å². The Kier molecular flexibility index (Phi) is 5.09. The summed E-state index contributed by atoms with van der Waals surface area (Å²) in [5.74, 6) is 1.000. The maximum Gasteiger partial charge on any atom is 0.126 e. The van der Waals surface area contributed by atoms with Crippen LogP contribution in [0.25, 0.3) is 0 Å². The fourth-order valence-corrected chi connectivity index (χ4v) is 3.66. The zero-order valence-corrected chi connectivity index (χ0v) is 13.2. The number of hydrogen-bond acceptors (Lipinski definition) is 4. The monoisotopic (exact) mass is 288 g/mol. The van der Waals surface area contributed by atoms with Crippen LogP contribution < -0.4 is 5.32 Å². The molecule has 0 atom stereocenters. The smallest absolute Gasteiger partial charge is 0.126 e. The minimum atomic E-state index is 0.883. The molecule has 4 nitrogen and oxygen atoms in total. The van der Waals surface area contributed by atoms with Gasteiger partial charge in [0.25, 0.3) is 0 Å². The van der Waals surface area contributed by atoms with E-state index in [0.717, 1.165) is 24.9 Å². The van der Waals surface area contributed by atoms with Gasteiger partial charge in [0.05, 0.1) is 0 Å². The van der Waals surface area contributed by atoms with Crippen molar-refractivity contribution in [3.05, 3.63) is 23.9 Å². The minimum absolute atomic E-state index is 0.883. The maximum atomic E-state index is 4.35. The molecule has 0 bridgehead atoms. The van der Waals surface area contributed by atoms with Crippen molar-refractivity contribution in [3.63, 3.8) is 0 Å². The summed E-state index contributed by atoms with van der Waals surface area (Å²) >= 11 is 0. The number of nitrogens with one attached hydrogen (secondary N) is 1. The number of hydrogen-bond donors (Lipinski definition) is 1. The van der Waals surface area contributed by atoms with Gasteiger partial charge >= 0.3 is 0 Å². The van der Waals surface area contributed by atoms with Crippen molar-refractivity contribution in [2.24, 2.45) is 0 Å². The van der Waals surface area contributed by atoms with E-state index < -0.39 is 0 Å². The number of piperazine rings is 1. The Labute approximate surface area is 128 Å². The van der Waals surface area contributed by atoms with Crippen LogP contribution >= 0.6 is 0 Å². The molecular weight excluding hydrogens is 260 g/mol. The molecule has 0 radical (unpaired) electrons. The first kappa shape index (κ1) is 14.8. The van der Waals surface area contributed by atoms with Gasteiger partial charge in [-0.05, 0) is 37.5 Å². The number of anilines is 1. The van der Waals surface area contributed by atoms with Crippen LogP contribution in [0.15, 0.2) is 18.3 Å². The van der Waals surface area contributed by atoms with Crippen molar-refractivity contribution < 1.29 is 0 Å². The highest BCUT2D eigenvalue weighted by molar-refractivity contribution is 5.37. The summed E-state index contributed by atoms with van der Waals surface area (Å²) in [6, 6.07) is 5.21. The summed E-state index contributed by atoms with van der Waals surface area (Å²) in [7, 11) is 0. The first-order valence-corrected chi connectivity index (χ1v) is 8.50. The molecule has 1 aliphatic carbocycles. The average Bonchev–Trinajstić information content (AvgIpc) is 3.03. The van der Waals surface area contributed by atoms with E-state index in [1.165, 1.54) is 57.4 Å². The second-order valence-corrected chi connectivity index (χ2v) is 6.33. The van der Waals surface area contributed by atoms with Crippen molar-refractivity contribution in [2.45, 2.75) is 45.2 Å². The zero-order chi connectivity index (χ0) is 14.5. The van der Waals surface area contributed by atoms with Crippen LogP contribution in [0.3, 0.4) is 0 Å². The second-order valence-electron chi connectivity index (χ2n) is 6.33. The molecule has 0 unspecified atom stereocenters. The lowest BCUT2D eigenvalue weighted by molar-refractivity contribution is 0.0937. The number of nitrogens with zero attached hydrogens (tertiary/aromatic N) is 3. The van der Waals surface area contributed by atoms with E-state index >= 15 is 0 Å². The van der Waals surface area contributed by atoms with E-state index in [4.69, 9.17) is 0 Å². The van der Waals surface area contributed by atoms with E-state index in [1.807, 2.05) is 6.20 Å². The Morgan fingerprint density at radius 2 is 1.95 bits per heavy atom. The summed E-state index contributed by atoms with van der Waals surface area (Å²) in [6.45, 7) is 8.99. The van der Waals surface area contributed by atoms with Crippen LogP contribution in [0, 0.1) is 0 Å². The van der Waals surface area contributed by atoms with Crippen molar-refractivity contribution in [1.82, 2.24) is 14.8 Å². The molecule has 1 saturated carbocycles. The van der Waals surface area contributed by atoms with Gasteiger partial charge in [-0.3, -0.25) is 9.80 Å². The van der Waals surface area contributed by atoms with Crippen molar-refractivity contribution in [3.8, 4) is 0 Å². The predicted molar refractivity (Wildman–Crippen MR) is 87.5 cm³/mol. The molecule has 2 heterocycles. The van der Waals surface area contributed by atoms with Gasteiger partial charge in [0.2, 0.25) is 0 Å². The standard InChI is InChI=1S/C17H28N4/c1-2-18-17-13-15(7-8-19-17)14-20-9-11-21(12-10-20)16-5-3-4-6-16/h7-8,13,16H,2-6,9-12,14H2,1H3,(H,18,19). The number of pyridine rings is 1. The minimum Gasteiger partial charge on any atom is -0.370 e. The molecule has 1 aromatic rings. The van der Waals surface area contributed by atoms with Crippen LogP contribution in [-0.2, 0) is 6.54 Å². The summed E-state index contributed by atoms with van der Waals surface area (Å²) in [4.78, 5) is 9.65. The predicted octanol–water partition coefficient (Wildman–Crippen LogP) is 2.57. The Hall–Kier alpha value is -1.13. The summed E-state index contributed by atoms with van der Waals surface area (Å²) in [6.07, 6.45) is 7.65. The maximum absolute atomic E-state index is 4.35. The van der Waals surface area contributed by atoms with E-state index in [9.17, 15) is 0 Å². The Morgan fingerprint density at radius 3 is 2.67 bits per heavy atom. The SMILES string of the molecule is CCNc1cc(CN2CCN(C3CCCC3)CC2)ccn1. The molecule has 0 amide bonds. The Balaban J connectivity index is 1.49. The highest BCUT2D eigenvalue weighted by Crippen LogP contribution is 2.24. The highest BCUT2D eigenvalue weighted by Gasteiger charge is 2.25. The first-order valence-electron chi connectivity index (χ1n) is 8.50. The lowest BCUT2D eigenvalue weighted by Crippen LogP contribution is -2.49. The van der Waals surface area contributed by atoms with Gasteiger partial charge in [-0.25, -0.2) is 4.98 Å². The Bertz CT molecular complexity index is 434. The normalized spacial score (nSPS) is 21.8. The molecule has 3 rings (SSSR count). The largest absolute Gasteiger partial charge is 0.370 e.